The van der Waals surface area contributed by atoms with Crippen molar-refractivity contribution in [1.82, 2.24) is 30.4 Å². The average molecular weight is 523 g/mol. The van der Waals surface area contributed by atoms with Crippen molar-refractivity contribution in [1.29, 1.82) is 0 Å². The number of carbonyl (C=O) groups excluding carboxylic acids is 2. The SMILES string of the molecule is COc1ccc(-c2nnn(CC(=O)N(Cc3cccs3)[C@H](C(=O)NC(C)(C)C)c3ccc(C)o3)n2)cc1. The van der Waals surface area contributed by atoms with Crippen molar-refractivity contribution in [2.75, 3.05) is 7.11 Å². The van der Waals surface area contributed by atoms with Gasteiger partial charge in [-0.25, -0.2) is 0 Å². The van der Waals surface area contributed by atoms with E-state index in [0.717, 1.165) is 10.4 Å². The van der Waals surface area contributed by atoms with Crippen molar-refractivity contribution in [3.8, 4) is 17.1 Å². The number of carbonyl (C=O) groups is 2. The third kappa shape index (κ3) is 6.62. The summed E-state index contributed by atoms with van der Waals surface area (Å²) < 4.78 is 11.0. The Morgan fingerprint density at radius 2 is 1.92 bits per heavy atom. The highest BCUT2D eigenvalue weighted by Gasteiger charge is 2.36. The fourth-order valence-electron chi connectivity index (χ4n) is 3.73. The highest BCUT2D eigenvalue weighted by Crippen LogP contribution is 2.28. The van der Waals surface area contributed by atoms with Gasteiger partial charge >= 0.3 is 0 Å². The number of furan rings is 1. The number of rotatable bonds is 9. The second-order valence-electron chi connectivity index (χ2n) is 9.56. The van der Waals surface area contributed by atoms with Crippen molar-refractivity contribution in [2.45, 2.75) is 52.4 Å². The van der Waals surface area contributed by atoms with Crippen LogP contribution >= 0.6 is 11.3 Å². The van der Waals surface area contributed by atoms with Crippen LogP contribution in [-0.2, 0) is 22.7 Å². The summed E-state index contributed by atoms with van der Waals surface area (Å²) in [5.41, 5.74) is 0.235. The number of amides is 2. The molecule has 4 aromatic rings. The van der Waals surface area contributed by atoms with E-state index in [4.69, 9.17) is 9.15 Å². The molecule has 0 bridgehead atoms. The summed E-state index contributed by atoms with van der Waals surface area (Å²) >= 11 is 1.51. The largest absolute Gasteiger partial charge is 0.497 e. The second kappa shape index (κ2) is 11.0. The number of aromatic nitrogens is 4. The van der Waals surface area contributed by atoms with Gasteiger partial charge in [-0.1, -0.05) is 6.07 Å². The van der Waals surface area contributed by atoms with Gasteiger partial charge < -0.3 is 19.4 Å². The lowest BCUT2D eigenvalue weighted by atomic mass is 10.1. The van der Waals surface area contributed by atoms with Crippen molar-refractivity contribution in [3.05, 3.63) is 70.3 Å². The van der Waals surface area contributed by atoms with Crippen LogP contribution in [0.15, 0.2) is 58.3 Å². The summed E-state index contributed by atoms with van der Waals surface area (Å²) in [5.74, 6) is 1.43. The van der Waals surface area contributed by atoms with E-state index < -0.39 is 11.6 Å². The third-order valence-electron chi connectivity index (χ3n) is 5.39. The first-order chi connectivity index (χ1) is 17.6. The molecule has 3 heterocycles. The molecule has 2 amide bonds. The van der Waals surface area contributed by atoms with Gasteiger partial charge in [0, 0.05) is 16.0 Å². The van der Waals surface area contributed by atoms with Crippen LogP contribution in [0.2, 0.25) is 0 Å². The predicted octanol–water partition coefficient (Wildman–Crippen LogP) is 4.00. The zero-order valence-electron chi connectivity index (χ0n) is 21.5. The van der Waals surface area contributed by atoms with Crippen LogP contribution in [0.4, 0.5) is 0 Å². The fourth-order valence-corrected chi connectivity index (χ4v) is 4.44. The summed E-state index contributed by atoms with van der Waals surface area (Å²) in [4.78, 5) is 30.9. The first-order valence-electron chi connectivity index (χ1n) is 11.8. The standard InChI is InChI=1S/C26H30N6O4S/c1-17-8-13-21(36-17)23(25(34)27-26(2,3)4)31(15-20-7-6-14-37-20)22(33)16-32-29-24(28-30-32)18-9-11-19(35-5)12-10-18/h6-14,23H,15-16H2,1-5H3,(H,27,34)/t23-/m0/s1. The molecular formula is C26H30N6O4S. The Labute approximate surface area is 219 Å². The van der Waals surface area contributed by atoms with Crippen LogP contribution in [0.3, 0.4) is 0 Å². The van der Waals surface area contributed by atoms with Crippen LogP contribution < -0.4 is 10.1 Å². The monoisotopic (exact) mass is 522 g/mol. The Balaban J connectivity index is 1.63. The van der Waals surface area contributed by atoms with E-state index in [2.05, 4.69) is 20.7 Å². The molecule has 0 unspecified atom stereocenters. The van der Waals surface area contributed by atoms with Gasteiger partial charge in [-0.15, -0.1) is 21.5 Å². The maximum atomic E-state index is 13.7. The molecule has 0 spiro atoms. The topological polar surface area (TPSA) is 115 Å². The molecule has 1 atom stereocenters. The van der Waals surface area contributed by atoms with E-state index in [1.807, 2.05) is 50.4 Å². The lowest BCUT2D eigenvalue weighted by Crippen LogP contribution is -2.49. The van der Waals surface area contributed by atoms with E-state index in [1.54, 1.807) is 38.3 Å². The molecule has 194 valence electrons. The number of nitrogens with zero attached hydrogens (tertiary/aromatic N) is 5. The first kappa shape index (κ1) is 26.1. The minimum atomic E-state index is -0.980. The number of nitrogens with one attached hydrogen (secondary N) is 1. The van der Waals surface area contributed by atoms with Crippen LogP contribution in [0.5, 0.6) is 5.75 Å². The molecular weight excluding hydrogens is 492 g/mol. The molecule has 10 nitrogen and oxygen atoms in total. The molecule has 3 aromatic heterocycles. The maximum absolute atomic E-state index is 13.7. The Hall–Kier alpha value is -3.99. The lowest BCUT2D eigenvalue weighted by molar-refractivity contribution is -0.143. The van der Waals surface area contributed by atoms with E-state index in [-0.39, 0.29) is 24.9 Å². The second-order valence-corrected chi connectivity index (χ2v) is 10.6. The number of aryl methyl sites for hydroxylation is 1. The summed E-state index contributed by atoms with van der Waals surface area (Å²) in [6.45, 7) is 7.49. The van der Waals surface area contributed by atoms with Crippen LogP contribution in [0.1, 0.15) is 43.2 Å². The van der Waals surface area contributed by atoms with Gasteiger partial charge in [0.2, 0.25) is 11.7 Å². The van der Waals surface area contributed by atoms with E-state index in [1.165, 1.54) is 21.0 Å². The van der Waals surface area contributed by atoms with E-state index in [9.17, 15) is 9.59 Å². The smallest absolute Gasteiger partial charge is 0.251 e. The van der Waals surface area contributed by atoms with Gasteiger partial charge in [0.25, 0.3) is 5.91 Å². The number of methoxy groups -OCH3 is 1. The zero-order chi connectivity index (χ0) is 26.6. The van der Waals surface area contributed by atoms with Crippen molar-refractivity contribution in [3.63, 3.8) is 0 Å². The summed E-state index contributed by atoms with van der Waals surface area (Å²) in [6.07, 6.45) is 0. The molecule has 11 heteroatoms. The number of hydrogen-bond acceptors (Lipinski definition) is 8. The van der Waals surface area contributed by atoms with Gasteiger partial charge in [0.05, 0.1) is 13.7 Å². The summed E-state index contributed by atoms with van der Waals surface area (Å²) in [6, 6.07) is 13.6. The minimum Gasteiger partial charge on any atom is -0.497 e. The minimum absolute atomic E-state index is 0.201. The molecule has 37 heavy (non-hydrogen) atoms. The fraction of sp³-hybridized carbons (Fsp3) is 0.346. The molecule has 0 fully saturated rings. The Bertz CT molecular complexity index is 1340. The van der Waals surface area contributed by atoms with Crippen molar-refractivity contribution in [2.24, 2.45) is 0 Å². The van der Waals surface area contributed by atoms with Crippen LogP contribution in [-0.4, -0.2) is 49.6 Å². The van der Waals surface area contributed by atoms with E-state index >= 15 is 0 Å². The number of hydrogen-bond donors (Lipinski definition) is 1. The molecule has 0 aliphatic heterocycles. The number of benzene rings is 1. The number of thiophene rings is 1. The summed E-state index contributed by atoms with van der Waals surface area (Å²) in [5, 5.41) is 17.5. The van der Waals surface area contributed by atoms with Crippen molar-refractivity contribution < 1.29 is 18.7 Å². The Morgan fingerprint density at radius 1 is 1.16 bits per heavy atom. The van der Waals surface area contributed by atoms with E-state index in [0.29, 0.717) is 23.1 Å². The highest BCUT2D eigenvalue weighted by molar-refractivity contribution is 7.09. The molecule has 4 rings (SSSR count). The predicted molar refractivity (Wildman–Crippen MR) is 139 cm³/mol. The Morgan fingerprint density at radius 3 is 2.51 bits per heavy atom. The molecule has 0 radical (unpaired) electrons. The average Bonchev–Trinajstić information content (AvgIpc) is 3.61. The number of tetrazole rings is 1. The van der Waals surface area contributed by atoms with Gasteiger partial charge in [-0.2, -0.15) is 4.80 Å². The molecule has 0 saturated heterocycles. The summed E-state index contributed by atoms with van der Waals surface area (Å²) in [7, 11) is 1.59. The normalized spacial score (nSPS) is 12.2. The molecule has 0 aliphatic carbocycles. The zero-order valence-corrected chi connectivity index (χ0v) is 22.3. The van der Waals surface area contributed by atoms with Gasteiger partial charge in [0.15, 0.2) is 6.04 Å². The molecule has 0 saturated carbocycles. The van der Waals surface area contributed by atoms with Crippen LogP contribution in [0.25, 0.3) is 11.4 Å². The quantitative estimate of drug-likeness (QED) is 0.353. The maximum Gasteiger partial charge on any atom is 0.251 e. The Kier molecular flexibility index (Phi) is 7.72. The molecule has 0 aliphatic rings. The van der Waals surface area contributed by atoms with Crippen LogP contribution in [0, 0.1) is 6.92 Å². The van der Waals surface area contributed by atoms with Crippen molar-refractivity contribution >= 4 is 23.2 Å². The lowest BCUT2D eigenvalue weighted by Gasteiger charge is -2.32. The molecule has 1 N–H and O–H groups in total. The third-order valence-corrected chi connectivity index (χ3v) is 6.25. The first-order valence-corrected chi connectivity index (χ1v) is 12.6. The van der Waals surface area contributed by atoms with Gasteiger partial charge in [-0.05, 0) is 80.8 Å². The van der Waals surface area contributed by atoms with Gasteiger partial charge in [-0.3, -0.25) is 9.59 Å². The number of ether oxygens (including phenoxy) is 1. The van der Waals surface area contributed by atoms with Gasteiger partial charge in [0.1, 0.15) is 23.8 Å². The highest BCUT2D eigenvalue weighted by atomic mass is 32.1. The molecule has 1 aromatic carbocycles.